The highest BCUT2D eigenvalue weighted by atomic mass is 35.5. The Bertz CT molecular complexity index is 1150. The summed E-state index contributed by atoms with van der Waals surface area (Å²) in [7, 11) is 0. The molecule has 0 bridgehead atoms. The quantitative estimate of drug-likeness (QED) is 0.408. The highest BCUT2D eigenvalue weighted by Gasteiger charge is 2.20. The van der Waals surface area contributed by atoms with Gasteiger partial charge in [0, 0.05) is 11.1 Å². The molecule has 0 saturated heterocycles. The van der Waals surface area contributed by atoms with E-state index in [-0.39, 0.29) is 5.75 Å². The van der Waals surface area contributed by atoms with E-state index < -0.39 is 0 Å². The number of phenolic OH excluding ortho intramolecular Hbond substituents is 1. The molecule has 146 valence electrons. The molecule has 0 amide bonds. The van der Waals surface area contributed by atoms with Crippen molar-refractivity contribution in [3.8, 4) is 33.9 Å². The summed E-state index contributed by atoms with van der Waals surface area (Å²) in [6, 6.07) is 20.7. The predicted molar refractivity (Wildman–Crippen MR) is 114 cm³/mol. The summed E-state index contributed by atoms with van der Waals surface area (Å²) in [4.78, 5) is 0. The first-order chi connectivity index (χ1) is 14.0. The first-order valence-corrected chi connectivity index (χ1v) is 9.63. The zero-order valence-corrected chi connectivity index (χ0v) is 16.9. The number of phenols is 1. The van der Waals surface area contributed by atoms with Gasteiger partial charge in [-0.1, -0.05) is 53.2 Å². The minimum absolute atomic E-state index is 0.0682. The Morgan fingerprint density at radius 3 is 2.48 bits per heavy atom. The van der Waals surface area contributed by atoms with Gasteiger partial charge in [0.25, 0.3) is 0 Å². The van der Waals surface area contributed by atoms with Gasteiger partial charge in [-0.2, -0.15) is 0 Å². The van der Waals surface area contributed by atoms with E-state index in [0.717, 1.165) is 27.9 Å². The zero-order valence-electron chi connectivity index (χ0n) is 16.1. The minimum atomic E-state index is 0.0682. The molecule has 4 nitrogen and oxygen atoms in total. The number of aromatic hydroxyl groups is 1. The van der Waals surface area contributed by atoms with E-state index in [2.05, 4.69) is 5.16 Å². The van der Waals surface area contributed by atoms with Gasteiger partial charge in [-0.05, 0) is 54.8 Å². The third-order valence-electron chi connectivity index (χ3n) is 4.87. The summed E-state index contributed by atoms with van der Waals surface area (Å²) in [6.07, 6.45) is 0. The zero-order chi connectivity index (χ0) is 20.4. The molecule has 0 fully saturated rings. The van der Waals surface area contributed by atoms with Crippen LogP contribution in [0.4, 0.5) is 0 Å². The maximum atomic E-state index is 10.6. The number of halogens is 1. The van der Waals surface area contributed by atoms with Crippen LogP contribution in [0.15, 0.2) is 71.3 Å². The first kappa shape index (κ1) is 19.1. The molecule has 1 aromatic heterocycles. The minimum Gasteiger partial charge on any atom is -0.507 e. The Morgan fingerprint density at radius 1 is 1.00 bits per heavy atom. The summed E-state index contributed by atoms with van der Waals surface area (Å²) in [5, 5.41) is 15.4. The fourth-order valence-corrected chi connectivity index (χ4v) is 3.36. The lowest BCUT2D eigenvalue weighted by molar-refractivity contribution is 0.303. The van der Waals surface area contributed by atoms with Crippen molar-refractivity contribution in [2.24, 2.45) is 0 Å². The Hall–Kier alpha value is -3.24. The number of hydrogen-bond donors (Lipinski definition) is 1. The summed E-state index contributed by atoms with van der Waals surface area (Å²) in [6.45, 7) is 4.35. The van der Waals surface area contributed by atoms with Crippen molar-refractivity contribution in [2.45, 2.75) is 20.5 Å². The van der Waals surface area contributed by atoms with Gasteiger partial charge in [-0.3, -0.25) is 0 Å². The molecule has 4 aromatic rings. The average Bonchev–Trinajstić information content (AvgIpc) is 3.09. The van der Waals surface area contributed by atoms with Crippen molar-refractivity contribution in [2.75, 3.05) is 0 Å². The molecule has 5 heteroatoms. The van der Waals surface area contributed by atoms with Crippen molar-refractivity contribution in [1.29, 1.82) is 0 Å². The molecule has 0 unspecified atom stereocenters. The van der Waals surface area contributed by atoms with Crippen LogP contribution in [0.5, 0.6) is 11.5 Å². The molecule has 0 aliphatic heterocycles. The summed E-state index contributed by atoms with van der Waals surface area (Å²) in [5.41, 5.74) is 5.30. The standard InChI is InChI=1S/C24H20ClNO3/c1-15-5-3-4-6-18(15)14-28-20-11-12-21(22(27)13-20)24-23(16(2)26-29-24)17-7-9-19(25)10-8-17/h3-13,27H,14H2,1-2H3. The van der Waals surface area contributed by atoms with Crippen LogP contribution in [0.2, 0.25) is 5.02 Å². The topological polar surface area (TPSA) is 55.5 Å². The molecule has 1 heterocycles. The normalized spacial score (nSPS) is 10.9. The van der Waals surface area contributed by atoms with Gasteiger partial charge >= 0.3 is 0 Å². The maximum absolute atomic E-state index is 10.6. The second-order valence-electron chi connectivity index (χ2n) is 6.87. The first-order valence-electron chi connectivity index (χ1n) is 9.26. The molecular weight excluding hydrogens is 386 g/mol. The largest absolute Gasteiger partial charge is 0.507 e. The third-order valence-corrected chi connectivity index (χ3v) is 5.12. The molecule has 4 rings (SSSR count). The van der Waals surface area contributed by atoms with Crippen molar-refractivity contribution in [1.82, 2.24) is 5.16 Å². The lowest BCUT2D eigenvalue weighted by Crippen LogP contribution is -1.97. The monoisotopic (exact) mass is 405 g/mol. The Balaban J connectivity index is 1.62. The smallest absolute Gasteiger partial charge is 0.178 e. The number of aryl methyl sites for hydroxylation is 2. The molecule has 29 heavy (non-hydrogen) atoms. The predicted octanol–water partition coefficient (Wildman–Crippen LogP) is 6.56. The van der Waals surface area contributed by atoms with Gasteiger partial charge < -0.3 is 14.4 Å². The van der Waals surface area contributed by atoms with Crippen LogP contribution in [0.1, 0.15) is 16.8 Å². The van der Waals surface area contributed by atoms with Gasteiger partial charge in [0.2, 0.25) is 0 Å². The van der Waals surface area contributed by atoms with Crippen LogP contribution < -0.4 is 4.74 Å². The molecule has 0 spiro atoms. The van der Waals surface area contributed by atoms with Crippen LogP contribution in [-0.4, -0.2) is 10.3 Å². The number of hydrogen-bond acceptors (Lipinski definition) is 4. The maximum Gasteiger partial charge on any atom is 0.178 e. The molecule has 1 N–H and O–H groups in total. The van der Waals surface area contributed by atoms with E-state index in [1.54, 1.807) is 12.1 Å². The molecule has 0 radical (unpaired) electrons. The number of nitrogens with zero attached hydrogens (tertiary/aromatic N) is 1. The summed E-state index contributed by atoms with van der Waals surface area (Å²) >= 11 is 6.00. The fourth-order valence-electron chi connectivity index (χ4n) is 3.24. The molecule has 0 aliphatic rings. The van der Waals surface area contributed by atoms with Gasteiger partial charge in [0.1, 0.15) is 18.1 Å². The van der Waals surface area contributed by atoms with E-state index in [0.29, 0.717) is 28.7 Å². The molecule has 0 saturated carbocycles. The van der Waals surface area contributed by atoms with Crippen LogP contribution in [0.3, 0.4) is 0 Å². The van der Waals surface area contributed by atoms with Crippen molar-refractivity contribution >= 4 is 11.6 Å². The van der Waals surface area contributed by atoms with Crippen molar-refractivity contribution < 1.29 is 14.4 Å². The molecule has 0 aliphatic carbocycles. The van der Waals surface area contributed by atoms with Crippen molar-refractivity contribution in [3.05, 3.63) is 88.6 Å². The van der Waals surface area contributed by atoms with E-state index in [1.807, 2.05) is 68.4 Å². The van der Waals surface area contributed by atoms with Crippen LogP contribution >= 0.6 is 11.6 Å². The van der Waals surface area contributed by atoms with Gasteiger partial charge in [-0.15, -0.1) is 0 Å². The van der Waals surface area contributed by atoms with Crippen LogP contribution in [0.25, 0.3) is 22.5 Å². The number of aromatic nitrogens is 1. The third kappa shape index (κ3) is 3.98. The summed E-state index contributed by atoms with van der Waals surface area (Å²) in [5.74, 6) is 1.16. The molecular formula is C24H20ClNO3. The number of ether oxygens (including phenoxy) is 1. The second-order valence-corrected chi connectivity index (χ2v) is 7.31. The highest BCUT2D eigenvalue weighted by molar-refractivity contribution is 6.30. The molecule has 3 aromatic carbocycles. The fraction of sp³-hybridized carbons (Fsp3) is 0.125. The number of rotatable bonds is 5. The number of benzene rings is 3. The lowest BCUT2D eigenvalue weighted by Gasteiger charge is -2.10. The van der Waals surface area contributed by atoms with E-state index in [4.69, 9.17) is 20.9 Å². The Morgan fingerprint density at radius 2 is 1.76 bits per heavy atom. The van der Waals surface area contributed by atoms with E-state index >= 15 is 0 Å². The van der Waals surface area contributed by atoms with Crippen molar-refractivity contribution in [3.63, 3.8) is 0 Å². The van der Waals surface area contributed by atoms with Crippen LogP contribution in [0, 0.1) is 13.8 Å². The van der Waals surface area contributed by atoms with Gasteiger partial charge in [0.05, 0.1) is 16.8 Å². The molecule has 0 atom stereocenters. The Labute approximate surface area is 174 Å². The Kier molecular flexibility index (Phi) is 5.28. The van der Waals surface area contributed by atoms with Gasteiger partial charge in [0.15, 0.2) is 5.76 Å². The van der Waals surface area contributed by atoms with Gasteiger partial charge in [-0.25, -0.2) is 0 Å². The van der Waals surface area contributed by atoms with E-state index in [1.165, 1.54) is 0 Å². The average molecular weight is 406 g/mol. The van der Waals surface area contributed by atoms with Crippen LogP contribution in [-0.2, 0) is 6.61 Å². The second kappa shape index (κ2) is 8.02. The summed E-state index contributed by atoms with van der Waals surface area (Å²) < 4.78 is 11.4. The lowest BCUT2D eigenvalue weighted by atomic mass is 9.99. The van der Waals surface area contributed by atoms with E-state index in [9.17, 15) is 5.11 Å². The SMILES string of the molecule is Cc1ccccc1COc1ccc(-c2onc(C)c2-c2ccc(Cl)cc2)c(O)c1. The highest BCUT2D eigenvalue weighted by Crippen LogP contribution is 2.40.